The van der Waals surface area contributed by atoms with Crippen molar-refractivity contribution in [3.8, 4) is 5.75 Å². The molecule has 0 saturated carbocycles. The van der Waals surface area contributed by atoms with Crippen molar-refractivity contribution >= 4 is 32.7 Å². The van der Waals surface area contributed by atoms with Gasteiger partial charge in [-0.05, 0) is 41.5 Å². The molecule has 4 nitrogen and oxygen atoms in total. The fourth-order valence-electron chi connectivity index (χ4n) is 2.88. The Bertz CT molecular complexity index is 701. The van der Waals surface area contributed by atoms with Gasteiger partial charge in [0.05, 0.1) is 13.0 Å². The Balaban J connectivity index is 2.02. The lowest BCUT2D eigenvalue weighted by atomic mass is 9.96. The summed E-state index contributed by atoms with van der Waals surface area (Å²) in [5, 5.41) is 14.6. The zero-order chi connectivity index (χ0) is 15.0. The van der Waals surface area contributed by atoms with Gasteiger partial charge in [-0.3, -0.25) is 4.79 Å². The average Bonchev–Trinajstić information content (AvgIpc) is 2.95. The van der Waals surface area contributed by atoms with Gasteiger partial charge in [-0.15, -0.1) is 0 Å². The summed E-state index contributed by atoms with van der Waals surface area (Å²) in [6.45, 7) is 0.500. The number of rotatable bonds is 3. The van der Waals surface area contributed by atoms with E-state index >= 15 is 0 Å². The molecule has 0 spiro atoms. The maximum atomic E-state index is 11.1. The van der Waals surface area contributed by atoms with Gasteiger partial charge in [0.2, 0.25) is 0 Å². The minimum absolute atomic E-state index is 0.0180. The highest BCUT2D eigenvalue weighted by atomic mass is 79.9. The first-order valence-corrected chi connectivity index (χ1v) is 7.61. The second-order valence-electron chi connectivity index (χ2n) is 5.32. The number of ether oxygens (including phenoxy) is 1. The third-order valence-electron chi connectivity index (χ3n) is 4.01. The zero-order valence-corrected chi connectivity index (χ0v) is 13.2. The molecule has 0 aromatic heterocycles. The molecule has 5 heteroatoms. The summed E-state index contributed by atoms with van der Waals surface area (Å²) in [4.78, 5) is 11.1. The molecule has 2 unspecified atom stereocenters. The third kappa shape index (κ3) is 2.76. The van der Waals surface area contributed by atoms with Crippen molar-refractivity contribution < 1.29 is 14.6 Å². The van der Waals surface area contributed by atoms with Gasteiger partial charge in [-0.1, -0.05) is 22.0 Å². The summed E-state index contributed by atoms with van der Waals surface area (Å²) in [7, 11) is 1.65. The molecule has 0 bridgehead atoms. The standard InChI is InChI=1S/C16H16BrNO3/c1-21-15-7-9-2-3-12(17)4-10(9)5-13(15)14-6-11(8-18-14)16(19)20/h2-5,7,11,14,18H,6,8H2,1H3,(H,19,20). The van der Waals surface area contributed by atoms with E-state index in [4.69, 9.17) is 9.84 Å². The van der Waals surface area contributed by atoms with Crippen LogP contribution in [0.1, 0.15) is 18.0 Å². The Kier molecular flexibility index (Phi) is 3.87. The molecule has 1 saturated heterocycles. The highest BCUT2D eigenvalue weighted by molar-refractivity contribution is 9.10. The summed E-state index contributed by atoms with van der Waals surface area (Å²) in [6, 6.07) is 10.2. The van der Waals surface area contributed by atoms with Gasteiger partial charge in [0.1, 0.15) is 5.75 Å². The van der Waals surface area contributed by atoms with Gasteiger partial charge >= 0.3 is 5.97 Å². The van der Waals surface area contributed by atoms with E-state index in [-0.39, 0.29) is 12.0 Å². The SMILES string of the molecule is COc1cc2ccc(Br)cc2cc1C1CC(C(=O)O)CN1. The number of halogens is 1. The first-order valence-electron chi connectivity index (χ1n) is 6.82. The van der Waals surface area contributed by atoms with E-state index in [1.54, 1.807) is 7.11 Å². The van der Waals surface area contributed by atoms with E-state index < -0.39 is 5.97 Å². The number of aliphatic carboxylic acids is 1. The van der Waals surface area contributed by atoms with Crippen molar-refractivity contribution in [2.75, 3.05) is 13.7 Å². The van der Waals surface area contributed by atoms with Gasteiger partial charge in [0.25, 0.3) is 0 Å². The lowest BCUT2D eigenvalue weighted by molar-refractivity contribution is -0.141. The average molecular weight is 350 g/mol. The van der Waals surface area contributed by atoms with E-state index in [1.165, 1.54) is 0 Å². The van der Waals surface area contributed by atoms with Crippen LogP contribution in [0, 0.1) is 5.92 Å². The molecule has 2 N–H and O–H groups in total. The van der Waals surface area contributed by atoms with Crippen LogP contribution in [-0.2, 0) is 4.79 Å². The molecule has 1 fully saturated rings. The quantitative estimate of drug-likeness (QED) is 0.891. The molecule has 1 heterocycles. The minimum atomic E-state index is -0.743. The Labute approximate surface area is 131 Å². The second-order valence-corrected chi connectivity index (χ2v) is 6.23. The minimum Gasteiger partial charge on any atom is -0.496 e. The predicted molar refractivity (Wildman–Crippen MR) is 84.7 cm³/mol. The van der Waals surface area contributed by atoms with Crippen LogP contribution < -0.4 is 10.1 Å². The van der Waals surface area contributed by atoms with E-state index in [2.05, 4.69) is 33.4 Å². The molecule has 1 aliphatic rings. The van der Waals surface area contributed by atoms with Crippen LogP contribution >= 0.6 is 15.9 Å². The maximum absolute atomic E-state index is 11.1. The van der Waals surface area contributed by atoms with Gasteiger partial charge in [0, 0.05) is 22.6 Å². The number of fused-ring (bicyclic) bond motifs is 1. The number of methoxy groups -OCH3 is 1. The van der Waals surface area contributed by atoms with E-state index in [0.29, 0.717) is 13.0 Å². The second kappa shape index (κ2) is 5.66. The molecule has 1 aliphatic heterocycles. The smallest absolute Gasteiger partial charge is 0.307 e. The number of nitrogens with one attached hydrogen (secondary N) is 1. The maximum Gasteiger partial charge on any atom is 0.307 e. The number of carboxylic acids is 1. The fraction of sp³-hybridized carbons (Fsp3) is 0.312. The fourth-order valence-corrected chi connectivity index (χ4v) is 3.25. The normalized spacial score (nSPS) is 21.6. The van der Waals surface area contributed by atoms with Crippen LogP contribution in [0.15, 0.2) is 34.8 Å². The van der Waals surface area contributed by atoms with Crippen molar-refractivity contribution in [3.63, 3.8) is 0 Å². The molecule has 110 valence electrons. The number of hydrogen-bond acceptors (Lipinski definition) is 3. The lowest BCUT2D eigenvalue weighted by Crippen LogP contribution is -2.17. The van der Waals surface area contributed by atoms with E-state index in [0.717, 1.165) is 26.6 Å². The summed E-state index contributed by atoms with van der Waals surface area (Å²) in [6.07, 6.45) is 0.588. The van der Waals surface area contributed by atoms with Crippen LogP contribution in [-0.4, -0.2) is 24.7 Å². The topological polar surface area (TPSA) is 58.6 Å². The monoisotopic (exact) mass is 349 g/mol. The highest BCUT2D eigenvalue weighted by Crippen LogP contribution is 2.36. The van der Waals surface area contributed by atoms with Crippen LogP contribution in [0.2, 0.25) is 0 Å². The molecule has 3 rings (SSSR count). The molecule has 2 atom stereocenters. The molecular weight excluding hydrogens is 334 g/mol. The first kappa shape index (κ1) is 14.4. The van der Waals surface area contributed by atoms with E-state index in [9.17, 15) is 4.79 Å². The molecule has 0 aliphatic carbocycles. The van der Waals surface area contributed by atoms with Crippen molar-refractivity contribution in [2.45, 2.75) is 12.5 Å². The van der Waals surface area contributed by atoms with E-state index in [1.807, 2.05) is 18.2 Å². The summed E-state index contributed by atoms with van der Waals surface area (Å²) in [5.74, 6) is -0.279. The van der Waals surface area contributed by atoms with Gasteiger partial charge in [-0.2, -0.15) is 0 Å². The number of carbonyl (C=O) groups is 1. The summed E-state index contributed by atoms with van der Waals surface area (Å²) < 4.78 is 6.51. The molecule has 21 heavy (non-hydrogen) atoms. The Morgan fingerprint density at radius 1 is 1.33 bits per heavy atom. The van der Waals surface area contributed by atoms with Gasteiger partial charge < -0.3 is 15.2 Å². The molecular formula is C16H16BrNO3. The predicted octanol–water partition coefficient (Wildman–Crippen LogP) is 3.35. The zero-order valence-electron chi connectivity index (χ0n) is 11.6. The number of carboxylic acid groups (broad SMARTS) is 1. The Morgan fingerprint density at radius 3 is 2.81 bits per heavy atom. The van der Waals surface area contributed by atoms with Crippen LogP contribution in [0.25, 0.3) is 10.8 Å². The summed E-state index contributed by atoms with van der Waals surface area (Å²) >= 11 is 3.48. The first-order chi connectivity index (χ1) is 10.1. The summed E-state index contributed by atoms with van der Waals surface area (Å²) in [5.41, 5.74) is 1.02. The molecule has 2 aromatic carbocycles. The van der Waals surface area contributed by atoms with Crippen molar-refractivity contribution in [1.82, 2.24) is 5.32 Å². The Hall–Kier alpha value is -1.59. The third-order valence-corrected chi connectivity index (χ3v) is 4.50. The lowest BCUT2D eigenvalue weighted by Gasteiger charge is -2.16. The number of benzene rings is 2. The van der Waals surface area contributed by atoms with Crippen LogP contribution in [0.5, 0.6) is 5.75 Å². The molecule has 0 radical (unpaired) electrons. The Morgan fingerprint density at radius 2 is 2.14 bits per heavy atom. The van der Waals surface area contributed by atoms with Crippen LogP contribution in [0.4, 0.5) is 0 Å². The molecule has 2 aromatic rings. The van der Waals surface area contributed by atoms with Crippen molar-refractivity contribution in [3.05, 3.63) is 40.4 Å². The van der Waals surface area contributed by atoms with Gasteiger partial charge in [0.15, 0.2) is 0 Å². The number of hydrogen-bond donors (Lipinski definition) is 2. The van der Waals surface area contributed by atoms with Gasteiger partial charge in [-0.25, -0.2) is 0 Å². The molecule has 0 amide bonds. The van der Waals surface area contributed by atoms with Crippen molar-refractivity contribution in [1.29, 1.82) is 0 Å². The van der Waals surface area contributed by atoms with Crippen molar-refractivity contribution in [2.24, 2.45) is 5.92 Å². The van der Waals surface area contributed by atoms with Crippen LogP contribution in [0.3, 0.4) is 0 Å². The largest absolute Gasteiger partial charge is 0.496 e. The highest BCUT2D eigenvalue weighted by Gasteiger charge is 2.31.